The van der Waals surface area contributed by atoms with Crippen molar-refractivity contribution < 1.29 is 4.39 Å². The highest BCUT2D eigenvalue weighted by molar-refractivity contribution is 7.10. The second-order valence-electron chi connectivity index (χ2n) is 7.71. The van der Waals surface area contributed by atoms with Gasteiger partial charge in [0.15, 0.2) is 0 Å². The summed E-state index contributed by atoms with van der Waals surface area (Å²) in [4.78, 5) is 12.0. The number of nitrogens with two attached hydrogens (primary N) is 1. The van der Waals surface area contributed by atoms with Crippen molar-refractivity contribution in [1.29, 1.82) is 0 Å². The molecule has 1 unspecified atom stereocenters. The summed E-state index contributed by atoms with van der Waals surface area (Å²) >= 11 is 1.53. The normalized spacial score (nSPS) is 15.5. The van der Waals surface area contributed by atoms with Gasteiger partial charge in [-0.1, -0.05) is 6.92 Å². The number of hydrogen-bond donors (Lipinski definition) is 2. The second kappa shape index (κ2) is 8.37. The van der Waals surface area contributed by atoms with Gasteiger partial charge in [0.05, 0.1) is 28.8 Å². The molecule has 31 heavy (non-hydrogen) atoms. The average molecular weight is 437 g/mol. The van der Waals surface area contributed by atoms with E-state index in [4.69, 9.17) is 15.7 Å². The van der Waals surface area contributed by atoms with Crippen molar-refractivity contribution in [2.24, 2.45) is 5.73 Å². The predicted octanol–water partition coefficient (Wildman–Crippen LogP) is 3.62. The summed E-state index contributed by atoms with van der Waals surface area (Å²) in [5, 5.41) is 6.19. The molecular weight excluding hydrogens is 411 g/mol. The van der Waals surface area contributed by atoms with Crippen LogP contribution in [0.2, 0.25) is 0 Å². The van der Waals surface area contributed by atoms with Crippen LogP contribution in [0.15, 0.2) is 48.0 Å². The summed E-state index contributed by atoms with van der Waals surface area (Å²) in [6, 6.07) is 10.2. The largest absolute Gasteiger partial charge is 0.368 e. The Morgan fingerprint density at radius 2 is 1.90 bits per heavy atom. The maximum absolute atomic E-state index is 13.3. The van der Waals surface area contributed by atoms with E-state index < -0.39 is 0 Å². The number of nitrogens with zero attached hydrogens (tertiary/aromatic N) is 4. The second-order valence-corrected chi connectivity index (χ2v) is 8.60. The van der Waals surface area contributed by atoms with Crippen molar-refractivity contribution in [2.75, 3.05) is 31.1 Å². The molecule has 1 fully saturated rings. The number of piperazine rings is 1. The van der Waals surface area contributed by atoms with E-state index in [1.807, 2.05) is 5.38 Å². The minimum absolute atomic E-state index is 0.255. The van der Waals surface area contributed by atoms with E-state index in [1.165, 1.54) is 29.2 Å². The molecule has 0 saturated carbocycles. The minimum Gasteiger partial charge on any atom is -0.368 e. The summed E-state index contributed by atoms with van der Waals surface area (Å²) in [6.45, 7) is 6.03. The topological polar surface area (TPSA) is 71.5 Å². The first kappa shape index (κ1) is 20.1. The lowest BCUT2D eigenvalue weighted by atomic mass is 10.1. The number of rotatable bonds is 5. The number of anilines is 1. The van der Waals surface area contributed by atoms with Crippen LogP contribution in [0.5, 0.6) is 0 Å². The van der Waals surface area contributed by atoms with Gasteiger partial charge in [0.2, 0.25) is 0 Å². The van der Waals surface area contributed by atoms with Crippen LogP contribution < -0.4 is 16.0 Å². The molecule has 6 nitrogen and oxygen atoms in total. The fourth-order valence-corrected chi connectivity index (χ4v) is 4.93. The zero-order chi connectivity index (χ0) is 21.4. The molecule has 1 aromatic carbocycles. The first-order chi connectivity index (χ1) is 15.1. The van der Waals surface area contributed by atoms with Gasteiger partial charge in [-0.3, -0.25) is 4.40 Å². The van der Waals surface area contributed by atoms with Crippen LogP contribution in [0.25, 0.3) is 16.9 Å². The number of halogens is 1. The van der Waals surface area contributed by atoms with Crippen molar-refractivity contribution in [2.45, 2.75) is 19.4 Å². The van der Waals surface area contributed by atoms with Crippen molar-refractivity contribution >= 4 is 22.7 Å². The maximum Gasteiger partial charge on any atom is 0.137 e. The fraction of sp³-hybridized carbons (Fsp3) is 0.304. The van der Waals surface area contributed by atoms with Crippen LogP contribution in [-0.2, 0) is 6.42 Å². The molecule has 0 aliphatic carbocycles. The Hall–Kier alpha value is -2.81. The number of pyridine rings is 1. The Morgan fingerprint density at radius 3 is 2.65 bits per heavy atom. The number of aryl methyl sites for hydroxylation is 1. The number of nitrogens with one attached hydrogen (secondary N) is 1. The smallest absolute Gasteiger partial charge is 0.137 e. The summed E-state index contributed by atoms with van der Waals surface area (Å²) < 4.78 is 15.4. The third-order valence-corrected chi connectivity index (χ3v) is 6.68. The SMILES string of the molecule is CCc1nc2ccc(N3CCNCC3)cn2c1C(N)c1nc(-c2ccc(F)cc2)cs1. The third kappa shape index (κ3) is 3.82. The van der Waals surface area contributed by atoms with Gasteiger partial charge < -0.3 is 16.0 Å². The zero-order valence-corrected chi connectivity index (χ0v) is 18.2. The molecule has 1 saturated heterocycles. The standard InChI is InChI=1S/C23H25FN6S/c1-2-18-22(21(25)23-28-19(14-31-23)15-3-5-16(24)6-4-15)30-13-17(7-8-20(30)27-18)29-11-9-26-10-12-29/h3-8,13-14,21,26H,2,9-12,25H2,1H3. The number of imidazole rings is 1. The van der Waals surface area contributed by atoms with Crippen LogP contribution in [0, 0.1) is 5.82 Å². The van der Waals surface area contributed by atoms with Crippen LogP contribution in [0.4, 0.5) is 10.1 Å². The Morgan fingerprint density at radius 1 is 1.13 bits per heavy atom. The molecule has 0 radical (unpaired) electrons. The third-order valence-electron chi connectivity index (χ3n) is 5.76. The lowest BCUT2D eigenvalue weighted by Gasteiger charge is -2.29. The van der Waals surface area contributed by atoms with Crippen LogP contribution in [0.3, 0.4) is 0 Å². The van der Waals surface area contributed by atoms with Crippen LogP contribution >= 0.6 is 11.3 Å². The fourth-order valence-electron chi connectivity index (χ4n) is 4.10. The average Bonchev–Trinajstić information content (AvgIpc) is 3.44. The van der Waals surface area contributed by atoms with E-state index in [0.29, 0.717) is 0 Å². The Kier molecular flexibility index (Phi) is 5.43. The molecule has 1 aliphatic heterocycles. The molecule has 5 rings (SSSR count). The molecule has 4 aromatic rings. The minimum atomic E-state index is -0.387. The molecule has 0 spiro atoms. The van der Waals surface area contributed by atoms with Gasteiger partial charge in [-0.05, 0) is 42.8 Å². The molecule has 8 heteroatoms. The molecule has 1 atom stereocenters. The van der Waals surface area contributed by atoms with Gasteiger partial charge >= 0.3 is 0 Å². The summed E-state index contributed by atoms with van der Waals surface area (Å²) in [6.07, 6.45) is 2.94. The molecule has 0 bridgehead atoms. The number of fused-ring (bicyclic) bond motifs is 1. The van der Waals surface area contributed by atoms with Gasteiger partial charge in [0, 0.05) is 43.3 Å². The maximum atomic E-state index is 13.3. The highest BCUT2D eigenvalue weighted by atomic mass is 32.1. The van der Waals surface area contributed by atoms with Gasteiger partial charge in [0.1, 0.15) is 16.5 Å². The van der Waals surface area contributed by atoms with E-state index in [0.717, 1.165) is 65.9 Å². The summed E-state index contributed by atoms with van der Waals surface area (Å²) in [7, 11) is 0. The first-order valence-electron chi connectivity index (χ1n) is 10.6. The van der Waals surface area contributed by atoms with Gasteiger partial charge in [-0.2, -0.15) is 0 Å². The molecule has 3 aromatic heterocycles. The lowest BCUT2D eigenvalue weighted by molar-refractivity contribution is 0.588. The zero-order valence-electron chi connectivity index (χ0n) is 17.4. The summed E-state index contributed by atoms with van der Waals surface area (Å²) in [5.74, 6) is -0.255. The Bertz CT molecular complexity index is 1190. The monoisotopic (exact) mass is 436 g/mol. The van der Waals surface area contributed by atoms with Gasteiger partial charge in [-0.25, -0.2) is 14.4 Å². The molecule has 3 N–H and O–H groups in total. The number of aromatic nitrogens is 3. The van der Waals surface area contributed by atoms with E-state index in [1.54, 1.807) is 12.1 Å². The number of benzene rings is 1. The van der Waals surface area contributed by atoms with Crippen molar-refractivity contribution in [1.82, 2.24) is 19.7 Å². The lowest BCUT2D eigenvalue weighted by Crippen LogP contribution is -2.43. The van der Waals surface area contributed by atoms with Crippen molar-refractivity contribution in [3.05, 3.63) is 70.2 Å². The van der Waals surface area contributed by atoms with E-state index in [2.05, 4.69) is 39.9 Å². The molecule has 1 aliphatic rings. The van der Waals surface area contributed by atoms with Gasteiger partial charge in [-0.15, -0.1) is 11.3 Å². The quantitative estimate of drug-likeness (QED) is 0.500. The van der Waals surface area contributed by atoms with E-state index in [9.17, 15) is 4.39 Å². The Balaban J connectivity index is 1.53. The summed E-state index contributed by atoms with van der Waals surface area (Å²) in [5.41, 5.74) is 12.5. The van der Waals surface area contributed by atoms with E-state index in [-0.39, 0.29) is 11.9 Å². The molecule has 4 heterocycles. The number of thiazole rings is 1. The van der Waals surface area contributed by atoms with Crippen LogP contribution in [0.1, 0.15) is 29.4 Å². The molecular formula is C23H25FN6S. The first-order valence-corrected chi connectivity index (χ1v) is 11.5. The van der Waals surface area contributed by atoms with Crippen LogP contribution in [-0.4, -0.2) is 40.5 Å². The van der Waals surface area contributed by atoms with Crippen molar-refractivity contribution in [3.63, 3.8) is 0 Å². The predicted molar refractivity (Wildman–Crippen MR) is 123 cm³/mol. The number of hydrogen-bond acceptors (Lipinski definition) is 6. The molecule has 0 amide bonds. The van der Waals surface area contributed by atoms with Crippen molar-refractivity contribution in [3.8, 4) is 11.3 Å². The van der Waals surface area contributed by atoms with Gasteiger partial charge in [0.25, 0.3) is 0 Å². The van der Waals surface area contributed by atoms with E-state index >= 15 is 0 Å². The Labute approximate surface area is 184 Å². The highest BCUT2D eigenvalue weighted by Gasteiger charge is 2.23. The molecule has 160 valence electrons. The highest BCUT2D eigenvalue weighted by Crippen LogP contribution is 2.31.